The highest BCUT2D eigenvalue weighted by atomic mass is 32.2. The van der Waals surface area contributed by atoms with Gasteiger partial charge >= 0.3 is 0 Å². The lowest BCUT2D eigenvalue weighted by atomic mass is 9.99. The molecule has 0 radical (unpaired) electrons. The van der Waals surface area contributed by atoms with Crippen molar-refractivity contribution in [3.63, 3.8) is 0 Å². The van der Waals surface area contributed by atoms with Gasteiger partial charge in [0.15, 0.2) is 0 Å². The van der Waals surface area contributed by atoms with Gasteiger partial charge in [-0.15, -0.1) is 6.58 Å². The lowest BCUT2D eigenvalue weighted by molar-refractivity contribution is 0.463. The van der Waals surface area contributed by atoms with E-state index >= 15 is 0 Å². The first-order valence-corrected chi connectivity index (χ1v) is 9.01. The fourth-order valence-corrected chi connectivity index (χ4v) is 3.79. The summed E-state index contributed by atoms with van der Waals surface area (Å²) >= 11 is 2.07. The van der Waals surface area contributed by atoms with Crippen molar-refractivity contribution in [1.29, 1.82) is 0 Å². The van der Waals surface area contributed by atoms with Crippen LogP contribution in [0.3, 0.4) is 0 Å². The molecule has 0 amide bonds. The largest absolute Gasteiger partial charge is 0.348 e. The second-order valence-corrected chi connectivity index (χ2v) is 7.20. The summed E-state index contributed by atoms with van der Waals surface area (Å²) in [6, 6.07) is 0. The van der Waals surface area contributed by atoms with Crippen molar-refractivity contribution in [2.75, 3.05) is 12.3 Å². The maximum atomic E-state index is 4.29. The summed E-state index contributed by atoms with van der Waals surface area (Å²) in [7, 11) is 2.27. The van der Waals surface area contributed by atoms with Gasteiger partial charge in [0.1, 0.15) is 7.85 Å². The highest BCUT2D eigenvalue weighted by molar-refractivity contribution is 8.00. The molecule has 1 atom stereocenters. The Hall–Kier alpha value is -0.565. The summed E-state index contributed by atoms with van der Waals surface area (Å²) in [6.45, 7) is 15.6. The Labute approximate surface area is 131 Å². The average molecular weight is 291 g/mol. The van der Waals surface area contributed by atoms with Crippen LogP contribution in [0, 0.1) is 0 Å². The fourth-order valence-electron chi connectivity index (χ4n) is 2.51. The Kier molecular flexibility index (Phi) is 8.21. The molecule has 1 heterocycles. The second kappa shape index (κ2) is 9.39. The molecule has 1 saturated heterocycles. The van der Waals surface area contributed by atoms with Crippen LogP contribution in [0.1, 0.15) is 45.4 Å². The predicted molar refractivity (Wildman–Crippen MR) is 97.1 cm³/mol. The van der Waals surface area contributed by atoms with Gasteiger partial charge in [0.2, 0.25) is 0 Å². The van der Waals surface area contributed by atoms with E-state index in [1.807, 2.05) is 0 Å². The quantitative estimate of drug-likeness (QED) is 0.333. The van der Waals surface area contributed by atoms with E-state index in [4.69, 9.17) is 0 Å². The molecule has 0 N–H and O–H groups in total. The maximum Gasteiger partial charge on any atom is 0.101 e. The Balaban J connectivity index is 2.25. The van der Waals surface area contributed by atoms with E-state index in [0.717, 1.165) is 19.4 Å². The molecule has 1 rings (SSSR count). The summed E-state index contributed by atoms with van der Waals surface area (Å²) in [5.41, 5.74) is 3.73. The van der Waals surface area contributed by atoms with Crippen molar-refractivity contribution in [1.82, 2.24) is 4.90 Å². The van der Waals surface area contributed by atoms with E-state index in [-0.39, 0.29) is 0 Å². The summed E-state index contributed by atoms with van der Waals surface area (Å²) in [4.78, 5) is 2.31. The van der Waals surface area contributed by atoms with Crippen LogP contribution in [0.25, 0.3) is 0 Å². The number of hydrogen-bond acceptors (Lipinski definition) is 2. The molecule has 0 aliphatic carbocycles. The van der Waals surface area contributed by atoms with Crippen LogP contribution in [0.4, 0.5) is 0 Å². The van der Waals surface area contributed by atoms with Crippen LogP contribution in [0.5, 0.6) is 0 Å². The van der Waals surface area contributed by atoms with Gasteiger partial charge in [0.25, 0.3) is 0 Å². The van der Waals surface area contributed by atoms with Gasteiger partial charge in [-0.1, -0.05) is 44.3 Å². The third-order valence-corrected chi connectivity index (χ3v) is 5.22. The average Bonchev–Trinajstić information content (AvgIpc) is 2.66. The van der Waals surface area contributed by atoms with E-state index in [0.29, 0.717) is 5.25 Å². The number of unbranched alkanes of at least 4 members (excludes halogenated alkanes) is 3. The van der Waals surface area contributed by atoms with E-state index in [1.165, 1.54) is 54.7 Å². The van der Waals surface area contributed by atoms with E-state index in [1.54, 1.807) is 0 Å². The first kappa shape index (κ1) is 17.5. The molecule has 20 heavy (non-hydrogen) atoms. The molecular formula is C17H30BNS. The van der Waals surface area contributed by atoms with Crippen molar-refractivity contribution >= 4 is 19.6 Å². The molecule has 1 aliphatic heterocycles. The smallest absolute Gasteiger partial charge is 0.101 e. The fraction of sp³-hybridized carbons (Fsp3) is 0.647. The summed E-state index contributed by atoms with van der Waals surface area (Å²) in [6.07, 6.45) is 8.92. The number of nitrogens with zero attached hydrogens (tertiary/aromatic N) is 1. The van der Waals surface area contributed by atoms with Gasteiger partial charge < -0.3 is 4.90 Å². The van der Waals surface area contributed by atoms with Crippen LogP contribution in [0.15, 0.2) is 36.7 Å². The van der Waals surface area contributed by atoms with Crippen molar-refractivity contribution in [2.45, 2.75) is 57.0 Å². The number of likely N-dealkylation sites (tertiary alicyclic amines) is 1. The number of rotatable bonds is 10. The Morgan fingerprint density at radius 1 is 1.30 bits per heavy atom. The van der Waals surface area contributed by atoms with Crippen LogP contribution < -0.4 is 0 Å². The molecule has 0 spiro atoms. The number of thioether (sulfide) groups is 1. The van der Waals surface area contributed by atoms with E-state index < -0.39 is 0 Å². The van der Waals surface area contributed by atoms with Crippen molar-refractivity contribution < 1.29 is 0 Å². The highest BCUT2D eigenvalue weighted by Gasteiger charge is 2.28. The first-order chi connectivity index (χ1) is 9.56. The van der Waals surface area contributed by atoms with Gasteiger partial charge in [-0.25, -0.2) is 0 Å². The highest BCUT2D eigenvalue weighted by Crippen LogP contribution is 2.37. The summed E-state index contributed by atoms with van der Waals surface area (Å²) in [5, 5.41) is 0.554. The number of allylic oxidation sites excluding steroid dienone is 1. The maximum absolute atomic E-state index is 4.29. The standard InChI is InChI=1S/C17H30BNS/c1-14(2)9-11-19-15(3)13-17(16(19)4)20-12-8-6-5-7-10-18/h17H,1,3-13,18H2,2H3. The molecule has 0 saturated carbocycles. The van der Waals surface area contributed by atoms with Gasteiger partial charge in [-0.2, -0.15) is 11.8 Å². The van der Waals surface area contributed by atoms with Gasteiger partial charge in [-0.05, 0) is 25.5 Å². The molecule has 0 aromatic heterocycles. The van der Waals surface area contributed by atoms with Crippen LogP contribution in [-0.2, 0) is 0 Å². The molecule has 1 nitrogen and oxygen atoms in total. The minimum atomic E-state index is 0.554. The topological polar surface area (TPSA) is 3.24 Å². The van der Waals surface area contributed by atoms with Crippen LogP contribution >= 0.6 is 11.8 Å². The second-order valence-electron chi connectivity index (χ2n) is 5.89. The molecular weight excluding hydrogens is 261 g/mol. The van der Waals surface area contributed by atoms with Gasteiger partial charge in [0.05, 0.1) is 0 Å². The molecule has 0 aromatic rings. The zero-order valence-corrected chi connectivity index (χ0v) is 14.2. The first-order valence-electron chi connectivity index (χ1n) is 7.96. The lowest BCUT2D eigenvalue weighted by Gasteiger charge is -2.22. The minimum absolute atomic E-state index is 0.554. The summed E-state index contributed by atoms with van der Waals surface area (Å²) in [5.74, 6) is 1.26. The van der Waals surface area contributed by atoms with Gasteiger partial charge in [-0.3, -0.25) is 0 Å². The van der Waals surface area contributed by atoms with Crippen LogP contribution in [-0.4, -0.2) is 30.3 Å². The lowest BCUT2D eigenvalue weighted by Crippen LogP contribution is -2.18. The zero-order valence-electron chi connectivity index (χ0n) is 13.4. The predicted octanol–water partition coefficient (Wildman–Crippen LogP) is 4.40. The Bertz CT molecular complexity index is 351. The Morgan fingerprint density at radius 2 is 2.00 bits per heavy atom. The van der Waals surface area contributed by atoms with E-state index in [2.05, 4.69) is 51.2 Å². The molecule has 112 valence electrons. The van der Waals surface area contributed by atoms with Crippen molar-refractivity contribution in [3.8, 4) is 0 Å². The monoisotopic (exact) mass is 291 g/mol. The molecule has 0 bridgehead atoms. The molecule has 1 fully saturated rings. The molecule has 3 heteroatoms. The third-order valence-electron chi connectivity index (χ3n) is 3.85. The normalized spacial score (nSPS) is 18.9. The van der Waals surface area contributed by atoms with Crippen molar-refractivity contribution in [2.24, 2.45) is 0 Å². The molecule has 1 aliphatic rings. The summed E-state index contributed by atoms with van der Waals surface area (Å²) < 4.78 is 0. The van der Waals surface area contributed by atoms with E-state index in [9.17, 15) is 0 Å². The Morgan fingerprint density at radius 3 is 2.65 bits per heavy atom. The molecule has 0 aromatic carbocycles. The zero-order chi connectivity index (χ0) is 15.0. The SMILES string of the molecule is BCCCCCCSC1CC(=C)N(CCC(=C)C)C1=C. The van der Waals surface area contributed by atoms with Crippen LogP contribution in [0.2, 0.25) is 6.32 Å². The molecule has 1 unspecified atom stereocenters. The van der Waals surface area contributed by atoms with Crippen molar-refractivity contribution in [3.05, 3.63) is 36.7 Å². The third kappa shape index (κ3) is 5.82. The van der Waals surface area contributed by atoms with Gasteiger partial charge in [0, 0.05) is 29.6 Å². The number of hydrogen-bond donors (Lipinski definition) is 0. The minimum Gasteiger partial charge on any atom is -0.348 e.